The summed E-state index contributed by atoms with van der Waals surface area (Å²) in [4.78, 5) is 12.6. The SMILES string of the molecule is CCC(O)C(Cc1ccc(Cl)cc1)C(=O)C=Cc1ccc(Cl)cc1. The zero-order chi connectivity index (χ0) is 17.5. The minimum atomic E-state index is -0.678. The molecule has 0 aliphatic carbocycles. The molecule has 0 saturated carbocycles. The van der Waals surface area contributed by atoms with Crippen LogP contribution in [0.15, 0.2) is 54.6 Å². The molecule has 0 radical (unpaired) electrons. The van der Waals surface area contributed by atoms with E-state index < -0.39 is 12.0 Å². The Morgan fingerprint density at radius 2 is 1.58 bits per heavy atom. The van der Waals surface area contributed by atoms with E-state index in [9.17, 15) is 9.90 Å². The van der Waals surface area contributed by atoms with Crippen LogP contribution < -0.4 is 0 Å². The van der Waals surface area contributed by atoms with Gasteiger partial charge in [0, 0.05) is 10.0 Å². The Labute approximate surface area is 152 Å². The summed E-state index contributed by atoms with van der Waals surface area (Å²) < 4.78 is 0. The van der Waals surface area contributed by atoms with Gasteiger partial charge in [-0.15, -0.1) is 0 Å². The summed E-state index contributed by atoms with van der Waals surface area (Å²) >= 11 is 11.7. The third-order valence-corrected chi connectivity index (χ3v) is 4.43. The van der Waals surface area contributed by atoms with Crippen molar-refractivity contribution in [1.82, 2.24) is 0 Å². The van der Waals surface area contributed by atoms with Crippen molar-refractivity contribution in [3.05, 3.63) is 75.8 Å². The summed E-state index contributed by atoms with van der Waals surface area (Å²) in [6, 6.07) is 14.6. The van der Waals surface area contributed by atoms with Gasteiger partial charge in [-0.3, -0.25) is 4.79 Å². The topological polar surface area (TPSA) is 37.3 Å². The van der Waals surface area contributed by atoms with Gasteiger partial charge < -0.3 is 5.11 Å². The van der Waals surface area contributed by atoms with Gasteiger partial charge in [-0.25, -0.2) is 0 Å². The predicted octanol–water partition coefficient (Wildman–Crippen LogP) is 5.21. The Hall–Kier alpha value is -1.61. The fourth-order valence-corrected chi connectivity index (χ4v) is 2.71. The van der Waals surface area contributed by atoms with Crippen LogP contribution in [0.4, 0.5) is 0 Å². The number of carbonyl (C=O) groups is 1. The second-order valence-corrected chi connectivity index (χ2v) is 6.57. The molecule has 0 spiro atoms. The Kier molecular flexibility index (Phi) is 7.04. The lowest BCUT2D eigenvalue weighted by molar-refractivity contribution is -0.121. The smallest absolute Gasteiger partial charge is 0.161 e. The fourth-order valence-electron chi connectivity index (χ4n) is 2.46. The number of rotatable bonds is 7. The Balaban J connectivity index is 2.12. The van der Waals surface area contributed by atoms with E-state index in [0.29, 0.717) is 22.9 Å². The molecule has 2 unspecified atom stereocenters. The first-order valence-electron chi connectivity index (χ1n) is 7.89. The van der Waals surface area contributed by atoms with Crippen molar-refractivity contribution in [1.29, 1.82) is 0 Å². The second-order valence-electron chi connectivity index (χ2n) is 5.70. The summed E-state index contributed by atoms with van der Waals surface area (Å²) in [5, 5.41) is 11.5. The molecule has 4 heteroatoms. The third-order valence-electron chi connectivity index (χ3n) is 3.93. The van der Waals surface area contributed by atoms with E-state index in [1.54, 1.807) is 30.3 Å². The van der Waals surface area contributed by atoms with E-state index in [1.807, 2.05) is 31.2 Å². The van der Waals surface area contributed by atoms with Crippen molar-refractivity contribution in [2.45, 2.75) is 25.9 Å². The summed E-state index contributed by atoms with van der Waals surface area (Å²) in [6.45, 7) is 1.87. The van der Waals surface area contributed by atoms with Gasteiger partial charge in [-0.05, 0) is 54.3 Å². The van der Waals surface area contributed by atoms with Gasteiger partial charge in [0.25, 0.3) is 0 Å². The van der Waals surface area contributed by atoms with Crippen molar-refractivity contribution in [3.8, 4) is 0 Å². The van der Waals surface area contributed by atoms with Gasteiger partial charge in [0.1, 0.15) is 0 Å². The molecule has 126 valence electrons. The van der Waals surface area contributed by atoms with E-state index in [2.05, 4.69) is 0 Å². The summed E-state index contributed by atoms with van der Waals surface area (Å²) in [5.41, 5.74) is 1.87. The van der Waals surface area contributed by atoms with Crippen LogP contribution >= 0.6 is 23.2 Å². The van der Waals surface area contributed by atoms with Gasteiger partial charge in [0.2, 0.25) is 0 Å². The highest BCUT2D eigenvalue weighted by molar-refractivity contribution is 6.30. The number of carbonyl (C=O) groups excluding carboxylic acids is 1. The quantitative estimate of drug-likeness (QED) is 0.686. The van der Waals surface area contributed by atoms with Crippen LogP contribution in [0, 0.1) is 5.92 Å². The zero-order valence-corrected chi connectivity index (χ0v) is 15.0. The highest BCUT2D eigenvalue weighted by atomic mass is 35.5. The van der Waals surface area contributed by atoms with Crippen molar-refractivity contribution in [3.63, 3.8) is 0 Å². The van der Waals surface area contributed by atoms with E-state index in [1.165, 1.54) is 6.08 Å². The minimum absolute atomic E-state index is 0.0887. The first-order chi connectivity index (χ1) is 11.5. The van der Waals surface area contributed by atoms with Gasteiger partial charge in [-0.2, -0.15) is 0 Å². The molecule has 2 aromatic rings. The average molecular weight is 363 g/mol. The van der Waals surface area contributed by atoms with E-state index >= 15 is 0 Å². The van der Waals surface area contributed by atoms with Crippen LogP contribution in [0.25, 0.3) is 6.08 Å². The van der Waals surface area contributed by atoms with Crippen molar-refractivity contribution in [2.24, 2.45) is 5.92 Å². The van der Waals surface area contributed by atoms with Crippen LogP contribution in [0.5, 0.6) is 0 Å². The number of aliphatic hydroxyl groups excluding tert-OH is 1. The van der Waals surface area contributed by atoms with Crippen LogP contribution in [0.3, 0.4) is 0 Å². The fraction of sp³-hybridized carbons (Fsp3) is 0.250. The van der Waals surface area contributed by atoms with Crippen molar-refractivity contribution < 1.29 is 9.90 Å². The Morgan fingerprint density at radius 1 is 1.04 bits per heavy atom. The van der Waals surface area contributed by atoms with Gasteiger partial charge in [-0.1, -0.05) is 60.5 Å². The molecule has 0 saturated heterocycles. The van der Waals surface area contributed by atoms with Crippen molar-refractivity contribution >= 4 is 35.1 Å². The first-order valence-corrected chi connectivity index (χ1v) is 8.65. The van der Waals surface area contributed by atoms with Crippen LogP contribution in [0.2, 0.25) is 10.0 Å². The monoisotopic (exact) mass is 362 g/mol. The highest BCUT2D eigenvalue weighted by Crippen LogP contribution is 2.19. The molecule has 0 aliphatic rings. The number of ketones is 1. The molecule has 2 aromatic carbocycles. The van der Waals surface area contributed by atoms with Gasteiger partial charge in [0.05, 0.1) is 12.0 Å². The molecular weight excluding hydrogens is 343 g/mol. The molecule has 0 fully saturated rings. The summed E-state index contributed by atoms with van der Waals surface area (Å²) in [5.74, 6) is -0.561. The molecule has 0 aliphatic heterocycles. The molecule has 2 rings (SSSR count). The lowest BCUT2D eigenvalue weighted by Gasteiger charge is -2.19. The van der Waals surface area contributed by atoms with Crippen LogP contribution in [-0.4, -0.2) is 17.0 Å². The maximum absolute atomic E-state index is 12.6. The predicted molar refractivity (Wildman–Crippen MR) is 100 cm³/mol. The van der Waals surface area contributed by atoms with E-state index in [4.69, 9.17) is 23.2 Å². The standard InChI is InChI=1S/C20H20Cl2O2/c1-2-19(23)18(13-15-5-10-17(22)11-6-15)20(24)12-7-14-3-8-16(21)9-4-14/h3-12,18-19,23H,2,13H2,1H3. The normalized spacial score (nSPS) is 13.8. The number of halogens is 2. The second kappa shape index (κ2) is 9.03. The van der Waals surface area contributed by atoms with Gasteiger partial charge in [0.15, 0.2) is 5.78 Å². The molecule has 0 aromatic heterocycles. The molecule has 2 atom stereocenters. The molecule has 0 heterocycles. The van der Waals surface area contributed by atoms with Crippen LogP contribution in [0.1, 0.15) is 24.5 Å². The number of hydrogen-bond acceptors (Lipinski definition) is 2. The maximum Gasteiger partial charge on any atom is 0.161 e. The molecule has 1 N–H and O–H groups in total. The molecule has 24 heavy (non-hydrogen) atoms. The molecular formula is C20H20Cl2O2. The minimum Gasteiger partial charge on any atom is -0.392 e. The first kappa shape index (κ1) is 18.7. The number of benzene rings is 2. The summed E-state index contributed by atoms with van der Waals surface area (Å²) in [7, 11) is 0. The Bertz CT molecular complexity index is 691. The van der Waals surface area contributed by atoms with E-state index in [-0.39, 0.29) is 5.78 Å². The van der Waals surface area contributed by atoms with E-state index in [0.717, 1.165) is 11.1 Å². The third kappa shape index (κ3) is 5.48. The number of aliphatic hydroxyl groups is 1. The largest absolute Gasteiger partial charge is 0.392 e. The molecule has 0 bridgehead atoms. The van der Waals surface area contributed by atoms with Gasteiger partial charge >= 0.3 is 0 Å². The number of allylic oxidation sites excluding steroid dienone is 1. The average Bonchev–Trinajstić information content (AvgIpc) is 2.60. The molecule has 0 amide bonds. The number of hydrogen-bond donors (Lipinski definition) is 1. The van der Waals surface area contributed by atoms with Crippen LogP contribution in [-0.2, 0) is 11.2 Å². The molecule has 2 nitrogen and oxygen atoms in total. The van der Waals surface area contributed by atoms with Crippen molar-refractivity contribution in [2.75, 3.05) is 0 Å². The maximum atomic E-state index is 12.6. The Morgan fingerprint density at radius 3 is 2.12 bits per heavy atom. The lowest BCUT2D eigenvalue weighted by Crippen LogP contribution is -2.28. The summed E-state index contributed by atoms with van der Waals surface area (Å²) in [6.07, 6.45) is 3.61. The lowest BCUT2D eigenvalue weighted by atomic mass is 9.88. The highest BCUT2D eigenvalue weighted by Gasteiger charge is 2.24. The zero-order valence-electron chi connectivity index (χ0n) is 13.5.